The van der Waals surface area contributed by atoms with Gasteiger partial charge in [-0.15, -0.1) is 0 Å². The first-order valence-corrected chi connectivity index (χ1v) is 24.3. The first-order valence-electron chi connectivity index (χ1n) is 24.3. The largest absolute Gasteiger partial charge is 0.392 e. The monoisotopic (exact) mass is 927 g/mol. The summed E-state index contributed by atoms with van der Waals surface area (Å²) in [5, 5.41) is 36.5. The van der Waals surface area contributed by atoms with Crippen molar-refractivity contribution in [1.82, 2.24) is 0 Å². The first-order chi connectivity index (χ1) is 32.2. The van der Waals surface area contributed by atoms with Crippen molar-refractivity contribution in [1.29, 1.82) is 10.5 Å². The Hall–Kier alpha value is -5.54. The lowest BCUT2D eigenvalue weighted by Crippen LogP contribution is -2.09. The average molecular weight is 927 g/mol. The van der Waals surface area contributed by atoms with Crippen LogP contribution in [0, 0.1) is 22.7 Å². The molecule has 0 aliphatic heterocycles. The van der Waals surface area contributed by atoms with Gasteiger partial charge in [-0.1, -0.05) is 93.2 Å². The number of hydrogen-bond donors (Lipinski definition) is 2. The quantitative estimate of drug-likeness (QED) is 0.129. The highest BCUT2D eigenvalue weighted by Gasteiger charge is 2.20. The lowest BCUT2D eigenvalue weighted by atomic mass is 9.88. The van der Waals surface area contributed by atoms with Crippen LogP contribution in [0.4, 0.5) is 0 Å². The van der Waals surface area contributed by atoms with Gasteiger partial charge in [0.1, 0.15) is 0 Å². The molecule has 0 bridgehead atoms. The van der Waals surface area contributed by atoms with Crippen LogP contribution < -0.4 is 0 Å². The molecule has 2 N–H and O–H groups in total. The fraction of sp³-hybridized carbons (Fsp3) is 0.500. The van der Waals surface area contributed by atoms with E-state index < -0.39 is 0 Å². The zero-order valence-corrected chi connectivity index (χ0v) is 43.8. The third kappa shape index (κ3) is 24.0. The summed E-state index contributed by atoms with van der Waals surface area (Å²) in [7, 11) is 0. The first kappa shape index (κ1) is 60.5. The lowest BCUT2D eigenvalue weighted by molar-refractivity contribution is -0.114. The van der Waals surface area contributed by atoms with Gasteiger partial charge in [0.05, 0.1) is 25.4 Å². The van der Waals surface area contributed by atoms with Gasteiger partial charge in [0, 0.05) is 46.3 Å². The summed E-state index contributed by atoms with van der Waals surface area (Å²) in [5.41, 5.74) is 16.7. The molecule has 4 rings (SSSR count). The van der Waals surface area contributed by atoms with Crippen molar-refractivity contribution >= 4 is 23.1 Å². The number of carbonyl (C=O) groups excluding carboxylic acids is 4. The van der Waals surface area contributed by atoms with Crippen LogP contribution in [0.25, 0.3) is 0 Å². The lowest BCUT2D eigenvalue weighted by Gasteiger charge is -2.18. The molecule has 0 amide bonds. The van der Waals surface area contributed by atoms with Crippen LogP contribution in [0.3, 0.4) is 0 Å². The number of hydrogen-bond acceptors (Lipinski definition) is 8. The molecule has 68 heavy (non-hydrogen) atoms. The van der Waals surface area contributed by atoms with E-state index in [0.717, 1.165) is 92.9 Å². The zero-order valence-electron chi connectivity index (χ0n) is 43.8. The normalized spacial score (nSPS) is 15.4. The highest BCUT2D eigenvalue weighted by Crippen LogP contribution is 2.31. The molecule has 0 heterocycles. The van der Waals surface area contributed by atoms with E-state index in [9.17, 15) is 29.4 Å². The van der Waals surface area contributed by atoms with Gasteiger partial charge in [-0.2, -0.15) is 10.5 Å². The molecule has 4 aliphatic rings. The molecular formula is C60H82N2O6. The Morgan fingerprint density at radius 2 is 0.765 bits per heavy atom. The summed E-state index contributed by atoms with van der Waals surface area (Å²) in [6.07, 6.45) is 31.0. The Morgan fingerprint density at radius 1 is 0.426 bits per heavy atom. The summed E-state index contributed by atoms with van der Waals surface area (Å²) in [4.78, 5) is 45.6. The molecule has 0 saturated heterocycles. The number of allylic oxidation sites excluding steroid dienone is 22. The van der Waals surface area contributed by atoms with Crippen LogP contribution in [0.1, 0.15) is 186 Å². The summed E-state index contributed by atoms with van der Waals surface area (Å²) in [6, 6.07) is 4.30. The van der Waals surface area contributed by atoms with Crippen LogP contribution in [-0.2, 0) is 19.2 Å². The second kappa shape index (κ2) is 33.0. The van der Waals surface area contributed by atoms with Gasteiger partial charge in [0.15, 0.2) is 23.1 Å². The smallest absolute Gasteiger partial charge is 0.157 e. The zero-order chi connectivity index (χ0) is 51.3. The summed E-state index contributed by atoms with van der Waals surface area (Å²) in [5.74, 6) is 0.256. The van der Waals surface area contributed by atoms with Gasteiger partial charge in [-0.3, -0.25) is 19.2 Å². The molecular weight excluding hydrogens is 845 g/mol. The van der Waals surface area contributed by atoms with Crippen LogP contribution >= 0.6 is 0 Å². The highest BCUT2D eigenvalue weighted by molar-refractivity contribution is 5.96. The van der Waals surface area contributed by atoms with Gasteiger partial charge >= 0.3 is 0 Å². The number of aliphatic hydroxyl groups is 2. The topological polar surface area (TPSA) is 156 Å². The second-order valence-electron chi connectivity index (χ2n) is 19.1. The summed E-state index contributed by atoms with van der Waals surface area (Å²) < 4.78 is 0. The Labute approximate surface area is 410 Å². The van der Waals surface area contributed by atoms with Crippen LogP contribution in [0.5, 0.6) is 0 Å². The number of Topliss-reactive ketones (excluding diaryl/α,β-unsaturated/α-hetero) is 4. The minimum Gasteiger partial charge on any atom is -0.392 e. The molecule has 0 unspecified atom stereocenters. The molecule has 0 aromatic carbocycles. The maximum absolute atomic E-state index is 11.5. The summed E-state index contributed by atoms with van der Waals surface area (Å²) in [6.45, 7) is 23.0. The van der Waals surface area contributed by atoms with Gasteiger partial charge < -0.3 is 10.2 Å². The number of rotatable bonds is 18. The van der Waals surface area contributed by atoms with E-state index in [4.69, 9.17) is 10.5 Å². The maximum Gasteiger partial charge on any atom is 0.157 e. The van der Waals surface area contributed by atoms with Gasteiger partial charge in [0.25, 0.3) is 0 Å². The van der Waals surface area contributed by atoms with E-state index in [-0.39, 0.29) is 36.3 Å². The predicted octanol–water partition coefficient (Wildman–Crippen LogP) is 14.4. The molecule has 0 fully saturated rings. The third-order valence-electron chi connectivity index (χ3n) is 12.1. The molecule has 0 aromatic heterocycles. The van der Waals surface area contributed by atoms with Crippen LogP contribution in [-0.4, -0.2) is 46.6 Å². The van der Waals surface area contributed by atoms with E-state index in [1.807, 2.05) is 0 Å². The molecule has 368 valence electrons. The predicted molar refractivity (Wildman–Crippen MR) is 280 cm³/mol. The number of nitrogens with zero attached hydrogens (tertiary/aromatic N) is 2. The molecule has 0 spiro atoms. The molecule has 0 atom stereocenters. The van der Waals surface area contributed by atoms with Crippen molar-refractivity contribution in [3.63, 3.8) is 0 Å². The molecule has 4 aliphatic carbocycles. The molecule has 0 saturated carbocycles. The van der Waals surface area contributed by atoms with Crippen LogP contribution in [0.15, 0.2) is 138 Å². The third-order valence-corrected chi connectivity index (χ3v) is 12.1. The Morgan fingerprint density at radius 3 is 1.13 bits per heavy atom. The van der Waals surface area contributed by atoms with E-state index in [1.54, 1.807) is 20.8 Å². The van der Waals surface area contributed by atoms with Gasteiger partial charge in [0.2, 0.25) is 0 Å². The highest BCUT2D eigenvalue weighted by atomic mass is 16.3. The van der Waals surface area contributed by atoms with E-state index in [2.05, 4.69) is 116 Å². The minimum absolute atomic E-state index is 0.00661. The fourth-order valence-corrected chi connectivity index (χ4v) is 8.15. The van der Waals surface area contributed by atoms with Gasteiger partial charge in [-0.05, 0) is 184 Å². The summed E-state index contributed by atoms with van der Waals surface area (Å²) >= 11 is 0. The van der Waals surface area contributed by atoms with Crippen LogP contribution in [0.2, 0.25) is 0 Å². The van der Waals surface area contributed by atoms with Gasteiger partial charge in [-0.25, -0.2) is 0 Å². The Bertz CT molecular complexity index is 2290. The minimum atomic E-state index is 0.00661. The van der Waals surface area contributed by atoms with E-state index in [0.29, 0.717) is 54.4 Å². The number of aliphatic hydroxyl groups excluding tert-OH is 2. The SMILES string of the molecule is CC(=O)C1=C(C#N)CC(CCC=C(C)C)=CC1.CC(=O)C1=C(C#N)CC=C(CCC=C(C)C)C1.CC(=O)C1=C(CO)CC(CCC=C(C)C)=CC1.CC(=O)C1=C(CO)CC=C(CCC=C(C)C)C1. The molecule has 8 nitrogen and oxygen atoms in total. The van der Waals surface area contributed by atoms with Crippen molar-refractivity contribution in [2.75, 3.05) is 13.2 Å². The number of ketones is 4. The van der Waals surface area contributed by atoms with Crippen molar-refractivity contribution in [2.45, 2.75) is 186 Å². The Kier molecular flexibility index (Phi) is 29.4. The number of nitriles is 2. The van der Waals surface area contributed by atoms with E-state index in [1.165, 1.54) is 51.5 Å². The average Bonchev–Trinajstić information content (AvgIpc) is 3.28. The Balaban J connectivity index is 0.000000453. The van der Waals surface area contributed by atoms with E-state index >= 15 is 0 Å². The standard InChI is InChI=1S/2C15H19NO.2C15H22O2/c1-11(2)5-4-6-13-7-8-15(12(3)17)14(9-13)10-16;1-11(2)5-4-6-13-7-8-14(10-16)15(9-13)12(3)17;1-11(2)5-4-6-13-7-8-15(12(3)17)14(9-13)10-16;1-11(2)5-4-6-13-7-8-14(10-16)15(9-13)12(3)17/h2*5,7H,4,6,8-9H2,1-3H3;2*5,7,16H,4,6,8-10H2,1-3H3. The maximum atomic E-state index is 11.5. The number of carbonyl (C=O) groups is 4. The molecule has 8 heteroatoms. The van der Waals surface area contributed by atoms with Crippen molar-refractivity contribution in [3.05, 3.63) is 138 Å². The second-order valence-corrected chi connectivity index (χ2v) is 19.1. The molecule has 0 radical (unpaired) electrons. The van der Waals surface area contributed by atoms with Crippen molar-refractivity contribution in [2.24, 2.45) is 0 Å². The fourth-order valence-electron chi connectivity index (χ4n) is 8.15. The molecule has 0 aromatic rings. The van der Waals surface area contributed by atoms with Crippen molar-refractivity contribution in [3.8, 4) is 12.1 Å². The van der Waals surface area contributed by atoms with Crippen molar-refractivity contribution < 1.29 is 29.4 Å².